The smallest absolute Gasteiger partial charge is 0.0674 e. The normalized spacial score (nSPS) is 23.1. The summed E-state index contributed by atoms with van der Waals surface area (Å²) in [5, 5.41) is 0. The lowest BCUT2D eigenvalue weighted by molar-refractivity contribution is -0.0592. The number of hydrogen-bond acceptors (Lipinski definition) is 3. The molecular weight excluding hydrogens is 248 g/mol. The first-order valence-electron chi connectivity index (χ1n) is 7.36. The van der Waals surface area contributed by atoms with E-state index in [1.807, 2.05) is 6.07 Å². The zero-order chi connectivity index (χ0) is 14.4. The second kappa shape index (κ2) is 7.44. The van der Waals surface area contributed by atoms with Gasteiger partial charge in [0, 0.05) is 24.7 Å². The van der Waals surface area contributed by atoms with Crippen LogP contribution in [0.1, 0.15) is 31.4 Å². The highest BCUT2D eigenvalue weighted by atomic mass is 16.5. The fourth-order valence-corrected chi connectivity index (χ4v) is 2.62. The molecule has 2 rings (SSSR count). The van der Waals surface area contributed by atoms with Crippen molar-refractivity contribution in [2.45, 2.75) is 39.0 Å². The molecule has 0 aromatic heterocycles. The fourth-order valence-electron chi connectivity index (χ4n) is 2.62. The predicted molar refractivity (Wildman–Crippen MR) is 82.3 cm³/mol. The van der Waals surface area contributed by atoms with Crippen molar-refractivity contribution in [2.75, 3.05) is 19.7 Å². The van der Waals surface area contributed by atoms with E-state index >= 15 is 0 Å². The molecule has 0 aliphatic carbocycles. The topological polar surface area (TPSA) is 38.5 Å². The van der Waals surface area contributed by atoms with Gasteiger partial charge < -0.3 is 10.5 Å². The Balaban J connectivity index is 2.07. The van der Waals surface area contributed by atoms with Gasteiger partial charge in [0.2, 0.25) is 0 Å². The van der Waals surface area contributed by atoms with E-state index in [0.717, 1.165) is 31.7 Å². The number of rotatable bonds is 3. The summed E-state index contributed by atoms with van der Waals surface area (Å²) in [5.41, 5.74) is 7.77. The van der Waals surface area contributed by atoms with E-state index in [2.05, 4.69) is 48.8 Å². The standard InChI is InChI=1S/C17H24N2O/c1-3-17-13-20-14(2)11-19(17)12-16-7-4-6-15(10-16)8-5-9-18/h4,6-7,10,14,17H,3,9,11-13,18H2,1-2H3. The molecule has 1 aromatic rings. The van der Waals surface area contributed by atoms with Gasteiger partial charge in [-0.1, -0.05) is 30.9 Å². The van der Waals surface area contributed by atoms with E-state index in [1.165, 1.54) is 5.56 Å². The SMILES string of the molecule is CCC1COC(C)CN1Cc1cccc(C#CCN)c1. The summed E-state index contributed by atoms with van der Waals surface area (Å²) in [5.74, 6) is 6.00. The van der Waals surface area contributed by atoms with Gasteiger partial charge in [0.15, 0.2) is 0 Å². The minimum Gasteiger partial charge on any atom is -0.376 e. The largest absolute Gasteiger partial charge is 0.376 e. The van der Waals surface area contributed by atoms with Gasteiger partial charge in [-0.05, 0) is 31.0 Å². The molecule has 1 saturated heterocycles. The number of morpholine rings is 1. The van der Waals surface area contributed by atoms with Crippen molar-refractivity contribution in [3.63, 3.8) is 0 Å². The minimum absolute atomic E-state index is 0.318. The lowest BCUT2D eigenvalue weighted by Crippen LogP contribution is -2.47. The third kappa shape index (κ3) is 4.08. The molecule has 2 unspecified atom stereocenters. The zero-order valence-corrected chi connectivity index (χ0v) is 12.4. The molecular formula is C17H24N2O. The third-order valence-corrected chi connectivity index (χ3v) is 3.70. The van der Waals surface area contributed by atoms with Crippen molar-refractivity contribution in [3.05, 3.63) is 35.4 Å². The van der Waals surface area contributed by atoms with Crippen LogP contribution in [-0.4, -0.2) is 36.7 Å². The molecule has 1 fully saturated rings. The van der Waals surface area contributed by atoms with Gasteiger partial charge in [0.1, 0.15) is 0 Å². The van der Waals surface area contributed by atoms with Crippen LogP contribution in [-0.2, 0) is 11.3 Å². The van der Waals surface area contributed by atoms with Crippen molar-refractivity contribution in [1.29, 1.82) is 0 Å². The van der Waals surface area contributed by atoms with Gasteiger partial charge in [0.25, 0.3) is 0 Å². The Morgan fingerprint density at radius 2 is 2.30 bits per heavy atom. The molecule has 0 saturated carbocycles. The molecule has 3 nitrogen and oxygen atoms in total. The van der Waals surface area contributed by atoms with E-state index in [-0.39, 0.29) is 0 Å². The second-order valence-corrected chi connectivity index (χ2v) is 5.34. The minimum atomic E-state index is 0.318. The quantitative estimate of drug-likeness (QED) is 0.855. The Labute approximate surface area is 122 Å². The van der Waals surface area contributed by atoms with E-state index < -0.39 is 0 Å². The average molecular weight is 272 g/mol. The lowest BCUT2D eigenvalue weighted by Gasteiger charge is -2.38. The average Bonchev–Trinajstić information content (AvgIpc) is 2.46. The van der Waals surface area contributed by atoms with Crippen LogP contribution in [0.2, 0.25) is 0 Å². The van der Waals surface area contributed by atoms with E-state index in [0.29, 0.717) is 18.7 Å². The van der Waals surface area contributed by atoms with Crippen molar-refractivity contribution in [3.8, 4) is 11.8 Å². The first-order valence-corrected chi connectivity index (χ1v) is 7.36. The van der Waals surface area contributed by atoms with Crippen LogP contribution in [0.15, 0.2) is 24.3 Å². The maximum absolute atomic E-state index is 5.75. The fraction of sp³-hybridized carbons (Fsp3) is 0.529. The monoisotopic (exact) mass is 272 g/mol. The first kappa shape index (κ1) is 15.1. The highest BCUT2D eigenvalue weighted by Crippen LogP contribution is 2.18. The summed E-state index contributed by atoms with van der Waals surface area (Å²) < 4.78 is 5.75. The lowest BCUT2D eigenvalue weighted by atomic mass is 10.1. The second-order valence-electron chi connectivity index (χ2n) is 5.34. The highest BCUT2D eigenvalue weighted by molar-refractivity contribution is 5.37. The van der Waals surface area contributed by atoms with E-state index in [4.69, 9.17) is 10.5 Å². The summed E-state index contributed by atoms with van der Waals surface area (Å²) >= 11 is 0. The predicted octanol–water partition coefficient (Wildman–Crippen LogP) is 2.00. The molecule has 0 amide bonds. The molecule has 2 N–H and O–H groups in total. The van der Waals surface area contributed by atoms with Gasteiger partial charge in [0.05, 0.1) is 19.3 Å². The van der Waals surface area contributed by atoms with E-state index in [1.54, 1.807) is 0 Å². The maximum Gasteiger partial charge on any atom is 0.0674 e. The molecule has 2 atom stereocenters. The number of nitrogens with two attached hydrogens (primary N) is 1. The van der Waals surface area contributed by atoms with Crippen LogP contribution in [0.5, 0.6) is 0 Å². The Morgan fingerprint density at radius 1 is 1.45 bits per heavy atom. The zero-order valence-electron chi connectivity index (χ0n) is 12.4. The molecule has 1 heterocycles. The van der Waals surface area contributed by atoms with Crippen molar-refractivity contribution in [2.24, 2.45) is 5.73 Å². The van der Waals surface area contributed by atoms with Crippen LogP contribution in [0.3, 0.4) is 0 Å². The summed E-state index contributed by atoms with van der Waals surface area (Å²) in [7, 11) is 0. The summed E-state index contributed by atoms with van der Waals surface area (Å²) in [6, 6.07) is 8.95. The summed E-state index contributed by atoms with van der Waals surface area (Å²) in [6.45, 7) is 7.57. The van der Waals surface area contributed by atoms with Crippen LogP contribution in [0, 0.1) is 11.8 Å². The van der Waals surface area contributed by atoms with Gasteiger partial charge >= 0.3 is 0 Å². The molecule has 20 heavy (non-hydrogen) atoms. The van der Waals surface area contributed by atoms with Crippen molar-refractivity contribution < 1.29 is 4.74 Å². The Morgan fingerprint density at radius 3 is 3.05 bits per heavy atom. The number of ether oxygens (including phenoxy) is 1. The van der Waals surface area contributed by atoms with E-state index in [9.17, 15) is 0 Å². The Kier molecular flexibility index (Phi) is 5.60. The maximum atomic E-state index is 5.75. The summed E-state index contributed by atoms with van der Waals surface area (Å²) in [6.07, 6.45) is 1.44. The van der Waals surface area contributed by atoms with Crippen LogP contribution in [0.25, 0.3) is 0 Å². The molecule has 0 bridgehead atoms. The number of hydrogen-bond donors (Lipinski definition) is 1. The highest BCUT2D eigenvalue weighted by Gasteiger charge is 2.25. The van der Waals surface area contributed by atoms with Crippen molar-refractivity contribution in [1.82, 2.24) is 4.90 Å². The Hall–Kier alpha value is -1.34. The van der Waals surface area contributed by atoms with Gasteiger partial charge in [-0.3, -0.25) is 4.90 Å². The molecule has 1 aliphatic rings. The Bertz CT molecular complexity index is 489. The van der Waals surface area contributed by atoms with Gasteiger partial charge in [-0.15, -0.1) is 0 Å². The van der Waals surface area contributed by atoms with Gasteiger partial charge in [-0.2, -0.15) is 0 Å². The van der Waals surface area contributed by atoms with Crippen molar-refractivity contribution >= 4 is 0 Å². The number of nitrogens with zero attached hydrogens (tertiary/aromatic N) is 1. The molecule has 1 aromatic carbocycles. The van der Waals surface area contributed by atoms with Crippen LogP contribution < -0.4 is 5.73 Å². The summed E-state index contributed by atoms with van der Waals surface area (Å²) in [4.78, 5) is 2.52. The van der Waals surface area contributed by atoms with Crippen LogP contribution >= 0.6 is 0 Å². The molecule has 108 valence electrons. The molecule has 0 spiro atoms. The molecule has 3 heteroatoms. The van der Waals surface area contributed by atoms with Crippen LogP contribution in [0.4, 0.5) is 0 Å². The van der Waals surface area contributed by atoms with Gasteiger partial charge in [-0.25, -0.2) is 0 Å². The molecule has 0 radical (unpaired) electrons. The third-order valence-electron chi connectivity index (χ3n) is 3.70. The molecule has 1 aliphatic heterocycles. The number of benzene rings is 1. The first-order chi connectivity index (χ1) is 9.72.